The first kappa shape index (κ1) is 14.4. The van der Waals surface area contributed by atoms with Crippen LogP contribution in [0.2, 0.25) is 0 Å². The first-order valence-electron chi connectivity index (χ1n) is 6.43. The maximum absolute atomic E-state index is 4.47. The van der Waals surface area contributed by atoms with Gasteiger partial charge in [0.25, 0.3) is 0 Å². The topological polar surface area (TPSA) is 21.1 Å². The molecule has 5 heteroatoms. The monoisotopic (exact) mass is 331 g/mol. The summed E-state index contributed by atoms with van der Waals surface area (Å²) in [5.74, 6) is 1.22. The molecule has 18 heavy (non-hydrogen) atoms. The summed E-state index contributed by atoms with van der Waals surface area (Å²) in [6.45, 7) is 10.1. The van der Waals surface area contributed by atoms with Gasteiger partial charge >= 0.3 is 0 Å². The predicted octanol–water partition coefficient (Wildman–Crippen LogP) is 3.21. The highest BCUT2D eigenvalue weighted by atomic mass is 79.9. The molecule has 3 nitrogen and oxygen atoms in total. The van der Waals surface area contributed by atoms with Crippen molar-refractivity contribution in [1.29, 1.82) is 0 Å². The summed E-state index contributed by atoms with van der Waals surface area (Å²) in [5.41, 5.74) is 2.37. The molecular weight excluding hydrogens is 310 g/mol. The molecule has 1 saturated heterocycles. The van der Waals surface area contributed by atoms with Crippen LogP contribution in [-0.4, -0.2) is 38.3 Å². The van der Waals surface area contributed by atoms with Crippen LogP contribution in [0.1, 0.15) is 31.7 Å². The molecule has 102 valence electrons. The standard InChI is InChI=1S/C13H22BrN3S/c1-10-12(14)11(16(4)15-10)9-17-6-5-13(2,3)18-8-7-17/h5-9H2,1-4H3. The summed E-state index contributed by atoms with van der Waals surface area (Å²) in [5, 5.41) is 4.47. The average Bonchev–Trinajstić information content (AvgIpc) is 2.46. The summed E-state index contributed by atoms with van der Waals surface area (Å²) in [6, 6.07) is 0. The quantitative estimate of drug-likeness (QED) is 0.830. The van der Waals surface area contributed by atoms with E-state index in [1.54, 1.807) is 0 Å². The van der Waals surface area contributed by atoms with Gasteiger partial charge in [0.1, 0.15) is 0 Å². The maximum Gasteiger partial charge on any atom is 0.0739 e. The summed E-state index contributed by atoms with van der Waals surface area (Å²) in [7, 11) is 2.03. The van der Waals surface area contributed by atoms with Gasteiger partial charge in [0.15, 0.2) is 0 Å². The van der Waals surface area contributed by atoms with E-state index in [2.05, 4.69) is 58.5 Å². The molecule has 2 rings (SSSR count). The Morgan fingerprint density at radius 3 is 2.72 bits per heavy atom. The normalized spacial score (nSPS) is 20.9. The molecule has 2 heterocycles. The molecule has 1 aliphatic rings. The number of hydrogen-bond donors (Lipinski definition) is 0. The summed E-state index contributed by atoms with van der Waals surface area (Å²) >= 11 is 5.75. The van der Waals surface area contributed by atoms with Gasteiger partial charge in [-0.25, -0.2) is 0 Å². The zero-order valence-corrected chi connectivity index (χ0v) is 14.1. The van der Waals surface area contributed by atoms with Gasteiger partial charge in [-0.05, 0) is 35.8 Å². The third-order valence-corrected chi connectivity index (χ3v) is 5.97. The second-order valence-corrected chi connectivity index (χ2v) is 8.20. The van der Waals surface area contributed by atoms with E-state index in [-0.39, 0.29) is 0 Å². The zero-order valence-electron chi connectivity index (χ0n) is 11.7. The van der Waals surface area contributed by atoms with Crippen molar-refractivity contribution >= 4 is 27.7 Å². The fourth-order valence-corrected chi connectivity index (χ4v) is 3.88. The molecule has 0 aliphatic carbocycles. The Bertz CT molecular complexity index is 428. The molecule has 0 unspecified atom stereocenters. The minimum Gasteiger partial charge on any atom is -0.297 e. The van der Waals surface area contributed by atoms with Crippen LogP contribution in [0.15, 0.2) is 4.47 Å². The van der Waals surface area contributed by atoms with Gasteiger partial charge in [0.05, 0.1) is 15.9 Å². The van der Waals surface area contributed by atoms with Crippen molar-refractivity contribution in [2.75, 3.05) is 18.8 Å². The Kier molecular flexibility index (Phi) is 4.44. The van der Waals surface area contributed by atoms with Gasteiger partial charge < -0.3 is 0 Å². The molecule has 0 spiro atoms. The number of aryl methyl sites for hydroxylation is 2. The first-order valence-corrected chi connectivity index (χ1v) is 8.21. The van der Waals surface area contributed by atoms with Crippen LogP contribution in [0, 0.1) is 6.92 Å². The van der Waals surface area contributed by atoms with Gasteiger partial charge in [-0.3, -0.25) is 9.58 Å². The number of rotatable bonds is 2. The predicted molar refractivity (Wildman–Crippen MR) is 82.1 cm³/mol. The van der Waals surface area contributed by atoms with Crippen LogP contribution in [0.4, 0.5) is 0 Å². The third-order valence-electron chi connectivity index (χ3n) is 3.57. The zero-order chi connectivity index (χ0) is 13.3. The van der Waals surface area contributed by atoms with Crippen molar-refractivity contribution in [3.63, 3.8) is 0 Å². The van der Waals surface area contributed by atoms with Crippen LogP contribution in [0.5, 0.6) is 0 Å². The summed E-state index contributed by atoms with van der Waals surface area (Å²) in [4.78, 5) is 2.54. The van der Waals surface area contributed by atoms with E-state index in [9.17, 15) is 0 Å². The number of hydrogen-bond acceptors (Lipinski definition) is 3. The molecule has 0 aromatic carbocycles. The van der Waals surface area contributed by atoms with Gasteiger partial charge in [0.2, 0.25) is 0 Å². The second kappa shape index (κ2) is 5.55. The number of halogens is 1. The molecule has 1 aromatic rings. The van der Waals surface area contributed by atoms with Crippen LogP contribution in [-0.2, 0) is 13.6 Å². The van der Waals surface area contributed by atoms with Gasteiger partial charge in [-0.15, -0.1) is 0 Å². The fourth-order valence-electron chi connectivity index (χ4n) is 2.28. The van der Waals surface area contributed by atoms with Crippen molar-refractivity contribution in [2.45, 2.75) is 38.5 Å². The van der Waals surface area contributed by atoms with Gasteiger partial charge in [-0.2, -0.15) is 16.9 Å². The van der Waals surface area contributed by atoms with Gasteiger partial charge in [0, 0.05) is 30.6 Å². The molecule has 0 saturated carbocycles. The van der Waals surface area contributed by atoms with E-state index >= 15 is 0 Å². The van der Waals surface area contributed by atoms with Crippen molar-refractivity contribution in [2.24, 2.45) is 7.05 Å². The Morgan fingerprint density at radius 1 is 1.39 bits per heavy atom. The van der Waals surface area contributed by atoms with Crippen molar-refractivity contribution in [3.8, 4) is 0 Å². The minimum atomic E-state index is 0.425. The summed E-state index contributed by atoms with van der Waals surface area (Å²) < 4.78 is 3.60. The lowest BCUT2D eigenvalue weighted by Gasteiger charge is -2.22. The SMILES string of the molecule is Cc1nn(C)c(CN2CCSC(C)(C)CC2)c1Br. The van der Waals surface area contributed by atoms with E-state index in [0.717, 1.165) is 12.2 Å². The molecule has 1 fully saturated rings. The van der Waals surface area contributed by atoms with Crippen molar-refractivity contribution < 1.29 is 0 Å². The third kappa shape index (κ3) is 3.31. The molecule has 0 N–H and O–H groups in total. The Hall–Kier alpha value is -0.000000000000000111. The van der Waals surface area contributed by atoms with Crippen LogP contribution in [0.3, 0.4) is 0 Å². The summed E-state index contributed by atoms with van der Waals surface area (Å²) in [6.07, 6.45) is 1.26. The number of nitrogens with zero attached hydrogens (tertiary/aromatic N) is 3. The van der Waals surface area contributed by atoms with Crippen molar-refractivity contribution in [3.05, 3.63) is 15.9 Å². The molecule has 0 radical (unpaired) electrons. The fraction of sp³-hybridized carbons (Fsp3) is 0.769. The smallest absolute Gasteiger partial charge is 0.0739 e. The van der Waals surface area contributed by atoms with Crippen LogP contribution in [0.25, 0.3) is 0 Å². The Balaban J connectivity index is 2.05. The van der Waals surface area contributed by atoms with Gasteiger partial charge in [-0.1, -0.05) is 13.8 Å². The number of aromatic nitrogens is 2. The molecular formula is C13H22BrN3S. The highest BCUT2D eigenvalue weighted by molar-refractivity contribution is 9.10. The Morgan fingerprint density at radius 2 is 2.11 bits per heavy atom. The maximum atomic E-state index is 4.47. The van der Waals surface area contributed by atoms with Crippen molar-refractivity contribution in [1.82, 2.24) is 14.7 Å². The van der Waals surface area contributed by atoms with E-state index in [1.165, 1.54) is 35.4 Å². The molecule has 0 amide bonds. The van der Waals surface area contributed by atoms with E-state index < -0.39 is 0 Å². The molecule has 0 bridgehead atoms. The van der Waals surface area contributed by atoms with E-state index in [1.807, 2.05) is 11.7 Å². The highest BCUT2D eigenvalue weighted by Crippen LogP contribution is 2.31. The van der Waals surface area contributed by atoms with Crippen LogP contribution >= 0.6 is 27.7 Å². The lowest BCUT2D eigenvalue weighted by Crippen LogP contribution is -2.27. The van der Waals surface area contributed by atoms with E-state index in [0.29, 0.717) is 4.75 Å². The van der Waals surface area contributed by atoms with E-state index in [4.69, 9.17) is 0 Å². The van der Waals surface area contributed by atoms with Crippen LogP contribution < -0.4 is 0 Å². The Labute approximate surface area is 122 Å². The minimum absolute atomic E-state index is 0.425. The number of thioether (sulfide) groups is 1. The first-order chi connectivity index (χ1) is 8.39. The highest BCUT2D eigenvalue weighted by Gasteiger charge is 2.24. The molecule has 1 aliphatic heterocycles. The molecule has 1 aromatic heterocycles. The largest absolute Gasteiger partial charge is 0.297 e. The lowest BCUT2D eigenvalue weighted by molar-refractivity contribution is 0.268. The lowest BCUT2D eigenvalue weighted by atomic mass is 10.1. The molecule has 0 atom stereocenters. The second-order valence-electron chi connectivity index (χ2n) is 5.60. The average molecular weight is 332 g/mol.